The normalized spacial score (nSPS) is 17.3. The van der Waals surface area contributed by atoms with Crippen molar-refractivity contribution in [2.75, 3.05) is 10.2 Å². The van der Waals surface area contributed by atoms with Crippen LogP contribution >= 0.6 is 0 Å². The van der Waals surface area contributed by atoms with E-state index in [4.69, 9.17) is 5.11 Å². The van der Waals surface area contributed by atoms with Crippen molar-refractivity contribution in [2.45, 2.75) is 18.6 Å². The van der Waals surface area contributed by atoms with Gasteiger partial charge in [0, 0.05) is 5.69 Å². The lowest BCUT2D eigenvalue weighted by atomic mass is 10.1. The minimum absolute atomic E-state index is 0.0529. The van der Waals surface area contributed by atoms with Gasteiger partial charge in [0.15, 0.2) is 0 Å². The molecule has 1 fully saturated rings. The van der Waals surface area contributed by atoms with Gasteiger partial charge in [0.05, 0.1) is 23.2 Å². The monoisotopic (exact) mass is 378 g/mol. The first-order chi connectivity index (χ1) is 12.7. The molecule has 1 atom stereocenters. The van der Waals surface area contributed by atoms with Crippen molar-refractivity contribution in [1.29, 1.82) is 0 Å². The fourth-order valence-corrected chi connectivity index (χ4v) is 2.78. The number of imide groups is 1. The lowest BCUT2D eigenvalue weighted by Gasteiger charge is -2.17. The molecular weight excluding hydrogens is 365 g/mol. The molecule has 140 valence electrons. The van der Waals surface area contributed by atoms with Crippen LogP contribution in [0.3, 0.4) is 0 Å². The molecule has 1 aliphatic rings. The van der Waals surface area contributed by atoms with Gasteiger partial charge in [0.1, 0.15) is 6.04 Å². The number of carbonyl (C=O) groups is 3. The number of anilines is 2. The molecule has 1 saturated heterocycles. The van der Waals surface area contributed by atoms with Crippen molar-refractivity contribution in [3.8, 4) is 0 Å². The molecule has 6 nitrogen and oxygen atoms in total. The molecule has 0 saturated carbocycles. The van der Waals surface area contributed by atoms with Crippen LogP contribution in [0.2, 0.25) is 0 Å². The number of carboxylic acid groups (broad SMARTS) is 1. The Labute approximate surface area is 151 Å². The summed E-state index contributed by atoms with van der Waals surface area (Å²) >= 11 is 0. The van der Waals surface area contributed by atoms with E-state index in [9.17, 15) is 27.6 Å². The maximum absolute atomic E-state index is 12.8. The summed E-state index contributed by atoms with van der Waals surface area (Å²) in [6.07, 6.45) is -4.79. The third kappa shape index (κ3) is 3.76. The Balaban J connectivity index is 1.83. The molecule has 2 aromatic rings. The average Bonchev–Trinajstić information content (AvgIpc) is 2.88. The predicted molar refractivity (Wildman–Crippen MR) is 89.4 cm³/mol. The van der Waals surface area contributed by atoms with Crippen LogP contribution in [0.25, 0.3) is 0 Å². The van der Waals surface area contributed by atoms with Crippen LogP contribution in [0.15, 0.2) is 48.5 Å². The van der Waals surface area contributed by atoms with E-state index in [2.05, 4.69) is 5.32 Å². The van der Waals surface area contributed by atoms with E-state index in [1.54, 1.807) is 0 Å². The number of carbonyl (C=O) groups excluding carboxylic acids is 2. The van der Waals surface area contributed by atoms with E-state index in [0.717, 1.165) is 17.0 Å². The van der Waals surface area contributed by atoms with Crippen LogP contribution in [0, 0.1) is 0 Å². The zero-order valence-electron chi connectivity index (χ0n) is 13.7. The largest absolute Gasteiger partial charge is 0.478 e. The summed E-state index contributed by atoms with van der Waals surface area (Å²) in [6, 6.07) is 8.57. The molecule has 0 spiro atoms. The minimum Gasteiger partial charge on any atom is -0.478 e. The maximum atomic E-state index is 12.8. The van der Waals surface area contributed by atoms with E-state index in [-0.39, 0.29) is 23.4 Å². The highest BCUT2D eigenvalue weighted by Gasteiger charge is 2.40. The summed E-state index contributed by atoms with van der Waals surface area (Å²) in [4.78, 5) is 36.7. The highest BCUT2D eigenvalue weighted by Crippen LogP contribution is 2.32. The second kappa shape index (κ2) is 6.75. The molecule has 0 aromatic heterocycles. The molecule has 0 aliphatic carbocycles. The maximum Gasteiger partial charge on any atom is 0.416 e. The number of rotatable bonds is 4. The van der Waals surface area contributed by atoms with Crippen molar-refractivity contribution in [3.63, 3.8) is 0 Å². The van der Waals surface area contributed by atoms with Crippen LogP contribution in [-0.2, 0) is 15.8 Å². The van der Waals surface area contributed by atoms with Gasteiger partial charge in [-0.3, -0.25) is 9.59 Å². The summed E-state index contributed by atoms with van der Waals surface area (Å²) in [5.41, 5.74) is -0.826. The number of nitrogens with zero attached hydrogens (tertiary/aromatic N) is 1. The zero-order chi connectivity index (χ0) is 19.8. The molecule has 1 aliphatic heterocycles. The van der Waals surface area contributed by atoms with E-state index in [1.807, 2.05) is 0 Å². The first-order valence-electron chi connectivity index (χ1n) is 7.81. The van der Waals surface area contributed by atoms with E-state index in [1.165, 1.54) is 36.4 Å². The second-order valence-electron chi connectivity index (χ2n) is 5.90. The Morgan fingerprint density at radius 2 is 1.81 bits per heavy atom. The van der Waals surface area contributed by atoms with Crippen molar-refractivity contribution >= 4 is 29.2 Å². The van der Waals surface area contributed by atoms with Gasteiger partial charge in [-0.25, -0.2) is 9.69 Å². The summed E-state index contributed by atoms with van der Waals surface area (Å²) in [7, 11) is 0. The van der Waals surface area contributed by atoms with Gasteiger partial charge in [-0.15, -0.1) is 0 Å². The number of alkyl halides is 3. The number of halogens is 3. The van der Waals surface area contributed by atoms with E-state index >= 15 is 0 Å². The minimum atomic E-state index is -4.53. The highest BCUT2D eigenvalue weighted by atomic mass is 19.4. The Morgan fingerprint density at radius 1 is 1.11 bits per heavy atom. The SMILES string of the molecule is O=C(O)c1cccc(N2C(=O)CC(Nc3cccc(C(F)(F)F)c3)C2=O)c1. The van der Waals surface area contributed by atoms with Crippen LogP contribution in [0.5, 0.6) is 0 Å². The summed E-state index contributed by atoms with van der Waals surface area (Å²) in [6.45, 7) is 0. The molecule has 2 aromatic carbocycles. The number of hydrogen-bond donors (Lipinski definition) is 2. The summed E-state index contributed by atoms with van der Waals surface area (Å²) in [5.74, 6) is -2.46. The average molecular weight is 378 g/mol. The van der Waals surface area contributed by atoms with Crippen LogP contribution in [-0.4, -0.2) is 28.9 Å². The Bertz CT molecular complexity index is 927. The Morgan fingerprint density at radius 3 is 2.48 bits per heavy atom. The first-order valence-corrected chi connectivity index (χ1v) is 7.81. The van der Waals surface area contributed by atoms with Crippen LogP contribution < -0.4 is 10.2 Å². The molecule has 27 heavy (non-hydrogen) atoms. The number of hydrogen-bond acceptors (Lipinski definition) is 4. The molecule has 0 radical (unpaired) electrons. The van der Waals surface area contributed by atoms with Gasteiger partial charge < -0.3 is 10.4 Å². The molecule has 1 unspecified atom stereocenters. The predicted octanol–water partition coefficient (Wildman–Crippen LogP) is 3.15. The molecule has 0 bridgehead atoms. The highest BCUT2D eigenvalue weighted by molar-refractivity contribution is 6.23. The van der Waals surface area contributed by atoms with Gasteiger partial charge in [-0.2, -0.15) is 13.2 Å². The Kier molecular flexibility index (Phi) is 4.61. The smallest absolute Gasteiger partial charge is 0.416 e. The van der Waals surface area contributed by atoms with Gasteiger partial charge in [-0.05, 0) is 36.4 Å². The van der Waals surface area contributed by atoms with E-state index in [0.29, 0.717) is 0 Å². The van der Waals surface area contributed by atoms with Crippen molar-refractivity contribution in [1.82, 2.24) is 0 Å². The number of aromatic carboxylic acids is 1. The fraction of sp³-hybridized carbons (Fsp3) is 0.167. The zero-order valence-corrected chi connectivity index (χ0v) is 13.7. The van der Waals surface area contributed by atoms with Gasteiger partial charge in [0.2, 0.25) is 5.91 Å². The lowest BCUT2D eigenvalue weighted by Crippen LogP contribution is -2.35. The molecule has 2 amide bonds. The first kappa shape index (κ1) is 18.4. The van der Waals surface area contributed by atoms with Gasteiger partial charge in [0.25, 0.3) is 5.91 Å². The van der Waals surface area contributed by atoms with Crippen LogP contribution in [0.1, 0.15) is 22.3 Å². The van der Waals surface area contributed by atoms with Crippen molar-refractivity contribution < 1.29 is 32.7 Å². The topological polar surface area (TPSA) is 86.7 Å². The molecule has 1 heterocycles. The lowest BCUT2D eigenvalue weighted by molar-refractivity contribution is -0.137. The van der Waals surface area contributed by atoms with E-state index < -0.39 is 35.6 Å². The second-order valence-corrected chi connectivity index (χ2v) is 5.90. The molecule has 3 rings (SSSR count). The van der Waals surface area contributed by atoms with Gasteiger partial charge in [-0.1, -0.05) is 12.1 Å². The standard InChI is InChI=1S/C18H13F3N2O4/c19-18(20,21)11-4-2-5-12(8-11)22-14-9-15(24)23(16(14)25)13-6-1-3-10(7-13)17(26)27/h1-8,14,22H,9H2,(H,26,27). The summed E-state index contributed by atoms with van der Waals surface area (Å²) < 4.78 is 38.4. The fourth-order valence-electron chi connectivity index (χ4n) is 2.78. The number of benzene rings is 2. The number of carboxylic acids is 1. The molecule has 2 N–H and O–H groups in total. The van der Waals surface area contributed by atoms with Crippen molar-refractivity contribution in [2.24, 2.45) is 0 Å². The number of nitrogens with one attached hydrogen (secondary N) is 1. The quantitative estimate of drug-likeness (QED) is 0.799. The summed E-state index contributed by atoms with van der Waals surface area (Å²) in [5, 5.41) is 11.7. The van der Waals surface area contributed by atoms with Gasteiger partial charge >= 0.3 is 12.1 Å². The Hall–Kier alpha value is -3.36. The third-order valence-electron chi connectivity index (χ3n) is 4.03. The molecular formula is C18H13F3N2O4. The molecule has 9 heteroatoms. The van der Waals surface area contributed by atoms with Crippen LogP contribution in [0.4, 0.5) is 24.5 Å². The third-order valence-corrected chi connectivity index (χ3v) is 4.03. The van der Waals surface area contributed by atoms with Crippen molar-refractivity contribution in [3.05, 3.63) is 59.7 Å². The number of amides is 2.